The van der Waals surface area contributed by atoms with E-state index in [4.69, 9.17) is 14.2 Å². The summed E-state index contributed by atoms with van der Waals surface area (Å²) in [6.07, 6.45) is 0.395. The third-order valence-electron chi connectivity index (χ3n) is 3.88. The number of hydrogen-bond donors (Lipinski definition) is 1. The first-order chi connectivity index (χ1) is 13.3. The molecule has 1 aromatic carbocycles. The summed E-state index contributed by atoms with van der Waals surface area (Å²) in [5.74, 6) is -0.264. The Balaban J connectivity index is 3.04. The van der Waals surface area contributed by atoms with Gasteiger partial charge in [-0.05, 0) is 59.6 Å². The van der Waals surface area contributed by atoms with Crippen LogP contribution in [0, 0.1) is 0 Å². The number of esters is 2. The Morgan fingerprint density at radius 1 is 0.966 bits per heavy atom. The topological polar surface area (TPSA) is 85.3 Å². The molecular formula is C22H35NO6. The van der Waals surface area contributed by atoms with Gasteiger partial charge in [0.2, 0.25) is 0 Å². The fourth-order valence-corrected chi connectivity index (χ4v) is 2.83. The van der Waals surface area contributed by atoms with Gasteiger partial charge in [-0.1, -0.05) is 18.2 Å². The number of benzene rings is 1. The van der Waals surface area contributed by atoms with Crippen LogP contribution in [0.3, 0.4) is 0 Å². The third-order valence-corrected chi connectivity index (χ3v) is 3.88. The average Bonchev–Trinajstić information content (AvgIpc) is 2.56. The summed E-state index contributed by atoms with van der Waals surface area (Å²) in [7, 11) is 1.58. The summed E-state index contributed by atoms with van der Waals surface area (Å²) >= 11 is 0. The van der Waals surface area contributed by atoms with Crippen LogP contribution >= 0.6 is 0 Å². The predicted molar refractivity (Wildman–Crippen MR) is 111 cm³/mol. The fraction of sp³-hybridized carbons (Fsp3) is 0.636. The van der Waals surface area contributed by atoms with E-state index in [2.05, 4.69) is 0 Å². The van der Waals surface area contributed by atoms with E-state index in [1.165, 1.54) is 0 Å². The van der Waals surface area contributed by atoms with Gasteiger partial charge in [-0.15, -0.1) is 0 Å². The molecule has 164 valence electrons. The van der Waals surface area contributed by atoms with Crippen molar-refractivity contribution in [2.45, 2.75) is 65.2 Å². The normalized spacial score (nSPS) is 13.1. The monoisotopic (exact) mass is 409 g/mol. The van der Waals surface area contributed by atoms with E-state index in [1.54, 1.807) is 53.6 Å². The zero-order chi connectivity index (χ0) is 22.2. The van der Waals surface area contributed by atoms with Gasteiger partial charge in [0.05, 0.1) is 26.8 Å². The fourth-order valence-electron chi connectivity index (χ4n) is 2.83. The van der Waals surface area contributed by atoms with Crippen molar-refractivity contribution in [2.24, 2.45) is 0 Å². The largest absolute Gasteiger partial charge is 0.496 e. The maximum atomic E-state index is 12.4. The van der Waals surface area contributed by atoms with Crippen molar-refractivity contribution in [3.05, 3.63) is 29.8 Å². The minimum atomic E-state index is -0.647. The smallest absolute Gasteiger partial charge is 0.320 e. The van der Waals surface area contributed by atoms with Gasteiger partial charge >= 0.3 is 11.9 Å². The number of methoxy groups -OCH3 is 1. The average molecular weight is 410 g/mol. The number of nitrogens with zero attached hydrogens (tertiary/aromatic N) is 1. The van der Waals surface area contributed by atoms with E-state index in [0.717, 1.165) is 5.56 Å². The Morgan fingerprint density at radius 3 is 1.86 bits per heavy atom. The van der Waals surface area contributed by atoms with Crippen LogP contribution in [0.25, 0.3) is 0 Å². The first-order valence-electron chi connectivity index (χ1n) is 9.75. The highest BCUT2D eigenvalue weighted by molar-refractivity contribution is 5.75. The van der Waals surface area contributed by atoms with Crippen molar-refractivity contribution in [2.75, 3.05) is 26.8 Å². The van der Waals surface area contributed by atoms with Gasteiger partial charge in [0.25, 0.3) is 0 Å². The molecule has 0 heterocycles. The van der Waals surface area contributed by atoms with Crippen molar-refractivity contribution >= 4 is 11.9 Å². The molecule has 0 aromatic heterocycles. The van der Waals surface area contributed by atoms with Crippen LogP contribution in [0.4, 0.5) is 0 Å². The van der Waals surface area contributed by atoms with Gasteiger partial charge in [-0.3, -0.25) is 14.5 Å². The second-order valence-corrected chi connectivity index (χ2v) is 8.93. The molecule has 1 atom stereocenters. The quantitative estimate of drug-likeness (QED) is 0.628. The molecule has 0 amide bonds. The minimum absolute atomic E-state index is 0.142. The van der Waals surface area contributed by atoms with Gasteiger partial charge in [0, 0.05) is 6.04 Å². The number of hydrogen-bond acceptors (Lipinski definition) is 7. The zero-order valence-corrected chi connectivity index (χ0v) is 18.7. The Morgan fingerprint density at radius 2 is 1.45 bits per heavy atom. The van der Waals surface area contributed by atoms with Crippen molar-refractivity contribution in [3.63, 3.8) is 0 Å². The van der Waals surface area contributed by atoms with Gasteiger partial charge < -0.3 is 19.3 Å². The van der Waals surface area contributed by atoms with Crippen LogP contribution in [0.1, 0.15) is 47.1 Å². The molecule has 0 radical (unpaired) electrons. The lowest BCUT2D eigenvalue weighted by Crippen LogP contribution is -2.47. The molecule has 1 unspecified atom stereocenters. The molecule has 0 aliphatic rings. The highest BCUT2D eigenvalue weighted by Crippen LogP contribution is 2.21. The molecule has 0 saturated heterocycles. The first-order valence-corrected chi connectivity index (χ1v) is 9.75. The number of ether oxygens (including phenoxy) is 3. The molecule has 1 aromatic rings. The van der Waals surface area contributed by atoms with Crippen molar-refractivity contribution in [1.29, 1.82) is 0 Å². The van der Waals surface area contributed by atoms with Gasteiger partial charge in [0.1, 0.15) is 17.0 Å². The van der Waals surface area contributed by atoms with Crippen molar-refractivity contribution in [3.8, 4) is 5.75 Å². The molecule has 0 bridgehead atoms. The highest BCUT2D eigenvalue weighted by atomic mass is 16.6. The molecule has 0 saturated carbocycles. The second-order valence-electron chi connectivity index (χ2n) is 8.93. The van der Waals surface area contributed by atoms with Crippen LogP contribution in [0.5, 0.6) is 5.75 Å². The van der Waals surface area contributed by atoms with Crippen molar-refractivity contribution < 1.29 is 28.9 Å². The zero-order valence-electron chi connectivity index (χ0n) is 18.7. The van der Waals surface area contributed by atoms with E-state index >= 15 is 0 Å². The summed E-state index contributed by atoms with van der Waals surface area (Å²) in [6.45, 7) is 10.1. The Labute approximate surface area is 173 Å². The maximum Gasteiger partial charge on any atom is 0.320 e. The van der Waals surface area contributed by atoms with Crippen LogP contribution < -0.4 is 4.74 Å². The molecule has 1 rings (SSSR count). The first kappa shape index (κ1) is 24.9. The van der Waals surface area contributed by atoms with E-state index in [9.17, 15) is 14.7 Å². The third kappa shape index (κ3) is 9.76. The highest BCUT2D eigenvalue weighted by Gasteiger charge is 2.28. The summed E-state index contributed by atoms with van der Waals surface area (Å²) in [6, 6.07) is 6.95. The molecule has 29 heavy (non-hydrogen) atoms. The second kappa shape index (κ2) is 10.6. The predicted octanol–water partition coefficient (Wildman–Crippen LogP) is 2.58. The van der Waals surface area contributed by atoms with E-state index in [1.807, 2.05) is 24.3 Å². The Bertz CT molecular complexity index is 645. The van der Waals surface area contributed by atoms with Crippen LogP contribution in [-0.4, -0.2) is 66.0 Å². The summed E-state index contributed by atoms with van der Waals surface area (Å²) in [4.78, 5) is 26.4. The molecule has 0 fully saturated rings. The molecule has 7 heteroatoms. The minimum Gasteiger partial charge on any atom is -0.496 e. The summed E-state index contributed by atoms with van der Waals surface area (Å²) < 4.78 is 16.2. The van der Waals surface area contributed by atoms with E-state index < -0.39 is 29.2 Å². The SMILES string of the molecule is COc1ccccc1CC(CO)N(CC(=O)OC(C)(C)C)CC(=O)OC(C)(C)C. The number of para-hydroxylation sites is 1. The molecule has 1 N–H and O–H groups in total. The van der Waals surface area contributed by atoms with E-state index in [-0.39, 0.29) is 19.7 Å². The molecule has 0 aliphatic heterocycles. The van der Waals surface area contributed by atoms with Gasteiger partial charge in [-0.25, -0.2) is 0 Å². The summed E-state index contributed by atoms with van der Waals surface area (Å²) in [5, 5.41) is 10.0. The molecule has 7 nitrogen and oxygen atoms in total. The number of aliphatic hydroxyl groups excluding tert-OH is 1. The number of rotatable bonds is 9. The lowest BCUT2D eigenvalue weighted by molar-refractivity contribution is -0.161. The van der Waals surface area contributed by atoms with Crippen LogP contribution in [0.15, 0.2) is 24.3 Å². The number of carbonyl (C=O) groups is 2. The number of carbonyl (C=O) groups excluding carboxylic acids is 2. The lowest BCUT2D eigenvalue weighted by Gasteiger charge is -2.31. The molecule has 0 aliphatic carbocycles. The van der Waals surface area contributed by atoms with Crippen LogP contribution in [-0.2, 0) is 25.5 Å². The van der Waals surface area contributed by atoms with Gasteiger partial charge in [-0.2, -0.15) is 0 Å². The van der Waals surface area contributed by atoms with E-state index in [0.29, 0.717) is 12.2 Å². The standard InChI is InChI=1S/C22H35NO6/c1-21(2,3)28-19(25)13-23(14-20(26)29-22(4,5)6)17(15-24)12-16-10-8-9-11-18(16)27-7/h8-11,17,24H,12-15H2,1-7H3. The van der Waals surface area contributed by atoms with Crippen molar-refractivity contribution in [1.82, 2.24) is 4.90 Å². The lowest BCUT2D eigenvalue weighted by atomic mass is 10.0. The van der Waals surface area contributed by atoms with Gasteiger partial charge in [0.15, 0.2) is 0 Å². The molecule has 0 spiro atoms. The van der Waals surface area contributed by atoms with Crippen LogP contribution in [0.2, 0.25) is 0 Å². The summed E-state index contributed by atoms with van der Waals surface area (Å²) in [5.41, 5.74) is -0.426. The maximum absolute atomic E-state index is 12.4. The Kier molecular flexibility index (Phi) is 9.11. The molecular weight excluding hydrogens is 374 g/mol. The number of aliphatic hydroxyl groups is 1. The Hall–Kier alpha value is -2.12.